The first-order chi connectivity index (χ1) is 11.8. The Bertz CT molecular complexity index is 753. The van der Waals surface area contributed by atoms with E-state index in [0.717, 1.165) is 4.90 Å². The zero-order valence-electron chi connectivity index (χ0n) is 14.4. The van der Waals surface area contributed by atoms with Gasteiger partial charge in [0.25, 0.3) is 5.91 Å². The molecule has 0 bridgehead atoms. The van der Waals surface area contributed by atoms with Crippen LogP contribution in [0.15, 0.2) is 29.5 Å². The number of carbonyl (C=O) groups excluding carboxylic acids is 3. The molecular formula is C17H19NO7. The number of nitrogens with zero attached hydrogens (tertiary/aromatic N) is 1. The Morgan fingerprint density at radius 3 is 2.32 bits per heavy atom. The highest BCUT2D eigenvalue weighted by Crippen LogP contribution is 2.40. The van der Waals surface area contributed by atoms with Crippen LogP contribution >= 0.6 is 0 Å². The maximum Gasteiger partial charge on any atom is 0.325 e. The van der Waals surface area contributed by atoms with Crippen LogP contribution in [0.2, 0.25) is 0 Å². The summed E-state index contributed by atoms with van der Waals surface area (Å²) in [7, 11) is 4.12. The number of hydrogen-bond donors (Lipinski definition) is 1. The number of methoxy groups -OCH3 is 3. The first kappa shape index (κ1) is 18.3. The summed E-state index contributed by atoms with van der Waals surface area (Å²) in [4.78, 5) is 37.1. The van der Waals surface area contributed by atoms with Crippen LogP contribution in [-0.2, 0) is 19.1 Å². The second kappa shape index (κ2) is 7.25. The van der Waals surface area contributed by atoms with Crippen molar-refractivity contribution < 1.29 is 33.7 Å². The van der Waals surface area contributed by atoms with Gasteiger partial charge in [-0.1, -0.05) is 6.07 Å². The molecule has 134 valence electrons. The topological polar surface area (TPSA) is 102 Å². The predicted molar refractivity (Wildman–Crippen MR) is 86.4 cm³/mol. The Labute approximate surface area is 144 Å². The third-order valence-corrected chi connectivity index (χ3v) is 3.93. The summed E-state index contributed by atoms with van der Waals surface area (Å²) in [6.45, 7) is 0.837. The van der Waals surface area contributed by atoms with Gasteiger partial charge >= 0.3 is 5.97 Å². The summed E-state index contributed by atoms with van der Waals surface area (Å²) in [5, 5.41) is 10.1. The summed E-state index contributed by atoms with van der Waals surface area (Å²) >= 11 is 0. The summed E-state index contributed by atoms with van der Waals surface area (Å²) in [6.07, 6.45) is 0. The lowest BCUT2D eigenvalue weighted by Crippen LogP contribution is -2.36. The number of hydrogen-bond acceptors (Lipinski definition) is 7. The van der Waals surface area contributed by atoms with Crippen LogP contribution in [0, 0.1) is 0 Å². The standard InChI is InChI=1S/C17H19NO7/c1-9(19)14-15(10-5-6-11(23-2)12(7-10)24-3)18(8-13(20)25-4)17(22)16(14)21/h5-7,15,21H,8H2,1-4H3/t15-/m0/s1. The second-order valence-corrected chi connectivity index (χ2v) is 5.34. The van der Waals surface area contributed by atoms with Crippen LogP contribution in [-0.4, -0.2) is 55.5 Å². The summed E-state index contributed by atoms with van der Waals surface area (Å²) in [5.74, 6) is -1.77. The Morgan fingerprint density at radius 1 is 1.16 bits per heavy atom. The third-order valence-electron chi connectivity index (χ3n) is 3.93. The minimum Gasteiger partial charge on any atom is -0.503 e. The number of ketones is 1. The summed E-state index contributed by atoms with van der Waals surface area (Å²) in [6, 6.07) is 3.90. The van der Waals surface area contributed by atoms with Gasteiger partial charge in [-0.2, -0.15) is 0 Å². The molecule has 0 fully saturated rings. The lowest BCUT2D eigenvalue weighted by molar-refractivity contribution is -0.146. The normalized spacial score (nSPS) is 16.9. The van der Waals surface area contributed by atoms with Gasteiger partial charge in [0.05, 0.1) is 32.9 Å². The maximum atomic E-state index is 12.3. The fourth-order valence-corrected chi connectivity index (χ4v) is 2.75. The van der Waals surface area contributed by atoms with Crippen LogP contribution < -0.4 is 9.47 Å². The fourth-order valence-electron chi connectivity index (χ4n) is 2.75. The first-order valence-corrected chi connectivity index (χ1v) is 7.39. The molecule has 8 heteroatoms. The van der Waals surface area contributed by atoms with E-state index in [1.807, 2.05) is 0 Å². The molecule has 0 aromatic heterocycles. The number of ether oxygens (including phenoxy) is 3. The molecule has 1 N–H and O–H groups in total. The van der Waals surface area contributed by atoms with Crippen molar-refractivity contribution in [2.24, 2.45) is 0 Å². The summed E-state index contributed by atoms with van der Waals surface area (Å²) in [5.41, 5.74) is 0.408. The molecule has 0 unspecified atom stereocenters. The monoisotopic (exact) mass is 349 g/mol. The van der Waals surface area contributed by atoms with Gasteiger partial charge in [0.1, 0.15) is 6.54 Å². The van der Waals surface area contributed by atoms with Crippen molar-refractivity contribution in [3.05, 3.63) is 35.1 Å². The zero-order valence-corrected chi connectivity index (χ0v) is 14.4. The molecule has 1 atom stereocenters. The van der Waals surface area contributed by atoms with Crippen molar-refractivity contribution in [2.75, 3.05) is 27.9 Å². The highest BCUT2D eigenvalue weighted by molar-refractivity contribution is 6.08. The Balaban J connectivity index is 2.56. The van der Waals surface area contributed by atoms with E-state index >= 15 is 0 Å². The maximum absolute atomic E-state index is 12.3. The van der Waals surface area contributed by atoms with Gasteiger partial charge in [-0.25, -0.2) is 0 Å². The molecule has 2 rings (SSSR count). The first-order valence-electron chi connectivity index (χ1n) is 7.39. The number of amides is 1. The van der Waals surface area contributed by atoms with Gasteiger partial charge in [0, 0.05) is 0 Å². The minimum atomic E-state index is -0.927. The van der Waals surface area contributed by atoms with Crippen LogP contribution in [0.1, 0.15) is 18.5 Å². The Morgan fingerprint density at radius 2 is 1.80 bits per heavy atom. The highest BCUT2D eigenvalue weighted by atomic mass is 16.5. The highest BCUT2D eigenvalue weighted by Gasteiger charge is 2.43. The van der Waals surface area contributed by atoms with E-state index < -0.39 is 36.0 Å². The van der Waals surface area contributed by atoms with E-state index in [2.05, 4.69) is 4.74 Å². The molecule has 0 saturated carbocycles. The van der Waals surface area contributed by atoms with Crippen LogP contribution in [0.5, 0.6) is 11.5 Å². The number of aliphatic hydroxyl groups is 1. The van der Waals surface area contributed by atoms with Crippen LogP contribution in [0.25, 0.3) is 0 Å². The third kappa shape index (κ3) is 3.28. The molecule has 0 radical (unpaired) electrons. The van der Waals surface area contributed by atoms with Crippen molar-refractivity contribution in [1.82, 2.24) is 4.90 Å². The second-order valence-electron chi connectivity index (χ2n) is 5.34. The van der Waals surface area contributed by atoms with E-state index in [4.69, 9.17) is 9.47 Å². The van der Waals surface area contributed by atoms with E-state index in [1.54, 1.807) is 18.2 Å². The lowest BCUT2D eigenvalue weighted by atomic mass is 9.96. The quantitative estimate of drug-likeness (QED) is 0.769. The van der Waals surface area contributed by atoms with Crippen molar-refractivity contribution in [3.8, 4) is 11.5 Å². The molecule has 8 nitrogen and oxygen atoms in total. The molecule has 1 aromatic carbocycles. The molecule has 1 aliphatic rings. The van der Waals surface area contributed by atoms with Crippen molar-refractivity contribution in [3.63, 3.8) is 0 Å². The van der Waals surface area contributed by atoms with Crippen molar-refractivity contribution >= 4 is 17.7 Å². The van der Waals surface area contributed by atoms with Crippen LogP contribution in [0.4, 0.5) is 0 Å². The molecule has 0 spiro atoms. The number of benzene rings is 1. The molecule has 1 aromatic rings. The van der Waals surface area contributed by atoms with E-state index in [-0.39, 0.29) is 5.57 Å². The van der Waals surface area contributed by atoms with Crippen LogP contribution in [0.3, 0.4) is 0 Å². The van der Waals surface area contributed by atoms with Gasteiger partial charge in [-0.3, -0.25) is 14.4 Å². The molecule has 1 amide bonds. The minimum absolute atomic E-state index is 0.0823. The number of carbonyl (C=O) groups is 3. The smallest absolute Gasteiger partial charge is 0.325 e. The molecule has 0 aliphatic carbocycles. The number of esters is 1. The van der Waals surface area contributed by atoms with Gasteiger partial charge in [-0.05, 0) is 24.6 Å². The SMILES string of the molecule is COC(=O)CN1C(=O)C(O)=C(C(C)=O)[C@@H]1c1ccc(OC)c(OC)c1. The average molecular weight is 349 g/mol. The number of aliphatic hydroxyl groups excluding tert-OH is 1. The predicted octanol–water partition coefficient (Wildman–Crippen LogP) is 1.16. The number of Topliss-reactive ketones (excluding diaryl/α,β-unsaturated/α-hetero) is 1. The summed E-state index contributed by atoms with van der Waals surface area (Å²) < 4.78 is 15.0. The van der Waals surface area contributed by atoms with Crippen molar-refractivity contribution in [2.45, 2.75) is 13.0 Å². The molecule has 1 aliphatic heterocycles. The van der Waals surface area contributed by atoms with Crippen molar-refractivity contribution in [1.29, 1.82) is 0 Å². The molecule has 1 heterocycles. The molecular weight excluding hydrogens is 330 g/mol. The molecule has 0 saturated heterocycles. The fraction of sp³-hybridized carbons (Fsp3) is 0.353. The largest absolute Gasteiger partial charge is 0.503 e. The number of rotatable bonds is 6. The van der Waals surface area contributed by atoms with E-state index in [9.17, 15) is 19.5 Å². The van der Waals surface area contributed by atoms with Gasteiger partial charge in [-0.15, -0.1) is 0 Å². The Kier molecular flexibility index (Phi) is 5.31. The average Bonchev–Trinajstić information content (AvgIpc) is 2.85. The Hall–Kier alpha value is -3.03. The van der Waals surface area contributed by atoms with Gasteiger partial charge in [0.15, 0.2) is 23.0 Å². The van der Waals surface area contributed by atoms with E-state index in [1.165, 1.54) is 28.3 Å². The van der Waals surface area contributed by atoms with E-state index in [0.29, 0.717) is 17.1 Å². The van der Waals surface area contributed by atoms with Gasteiger partial charge in [0.2, 0.25) is 0 Å². The zero-order chi connectivity index (χ0) is 18.7. The van der Waals surface area contributed by atoms with Gasteiger partial charge < -0.3 is 24.2 Å². The lowest BCUT2D eigenvalue weighted by Gasteiger charge is -2.26. The molecule has 25 heavy (non-hydrogen) atoms.